The molecule has 0 spiro atoms. The van der Waals surface area contributed by atoms with Crippen LogP contribution in [0.5, 0.6) is 5.88 Å². The van der Waals surface area contributed by atoms with Crippen molar-refractivity contribution >= 4 is 26.8 Å². The first-order valence-corrected chi connectivity index (χ1v) is 13.5. The van der Waals surface area contributed by atoms with Crippen molar-refractivity contribution in [1.29, 1.82) is 0 Å². The summed E-state index contributed by atoms with van der Waals surface area (Å²) in [6, 6.07) is 18.7. The van der Waals surface area contributed by atoms with Crippen molar-refractivity contribution in [3.05, 3.63) is 78.2 Å². The third kappa shape index (κ3) is 4.82. The lowest BCUT2D eigenvalue weighted by Crippen LogP contribution is -2.52. The Morgan fingerprint density at radius 1 is 1.11 bits per heavy atom. The first-order chi connectivity index (χ1) is 17.3. The smallest absolute Gasteiger partial charge is 0.227 e. The van der Waals surface area contributed by atoms with Gasteiger partial charge in [-0.3, -0.25) is 4.79 Å². The molecule has 5 rings (SSSR count). The number of pyridine rings is 1. The van der Waals surface area contributed by atoms with Crippen LogP contribution in [0.3, 0.4) is 0 Å². The summed E-state index contributed by atoms with van der Waals surface area (Å²) in [7, 11) is -1.87. The normalized spacial score (nSPS) is 16.8. The Morgan fingerprint density at radius 2 is 1.86 bits per heavy atom. The zero-order chi connectivity index (χ0) is 25.3. The number of carbonyl (C=O) groups excluding carboxylic acids is 1. The van der Waals surface area contributed by atoms with E-state index in [1.165, 1.54) is 10.6 Å². The van der Waals surface area contributed by atoms with Gasteiger partial charge in [0, 0.05) is 25.0 Å². The standard InChI is InChI=1S/C26H27N5O4S/c1-35-26-20(15-19-10-6-7-11-21(19)29-26)22-16-27-25(28-22)23-17-30(36(2,33)34)12-13-31(23)24(32)14-18-8-4-3-5-9-18/h3-11,15-16,23H,12-14,17H2,1-2H3,(H,27,28). The van der Waals surface area contributed by atoms with Crippen LogP contribution in [-0.4, -0.2) is 71.5 Å². The number of fused-ring (bicyclic) bond motifs is 1. The molecule has 9 nitrogen and oxygen atoms in total. The highest BCUT2D eigenvalue weighted by atomic mass is 32.2. The average Bonchev–Trinajstić information content (AvgIpc) is 3.37. The molecule has 0 bridgehead atoms. The minimum Gasteiger partial charge on any atom is -0.480 e. The maximum Gasteiger partial charge on any atom is 0.227 e. The van der Waals surface area contributed by atoms with Gasteiger partial charge >= 0.3 is 0 Å². The van der Waals surface area contributed by atoms with Crippen LogP contribution in [0, 0.1) is 0 Å². The number of rotatable bonds is 6. The summed E-state index contributed by atoms with van der Waals surface area (Å²) in [5, 5.41) is 0.949. The molecule has 186 valence electrons. The number of ether oxygens (including phenoxy) is 1. The number of piperazine rings is 1. The van der Waals surface area contributed by atoms with Crippen LogP contribution in [0.2, 0.25) is 0 Å². The second-order valence-electron chi connectivity index (χ2n) is 8.81. The lowest BCUT2D eigenvalue weighted by atomic mass is 10.1. The zero-order valence-electron chi connectivity index (χ0n) is 20.1. The molecule has 1 atom stereocenters. The average molecular weight is 506 g/mol. The van der Waals surface area contributed by atoms with Gasteiger partial charge < -0.3 is 14.6 Å². The fraction of sp³-hybridized carbons (Fsp3) is 0.269. The molecule has 10 heteroatoms. The minimum atomic E-state index is -3.43. The number of aromatic amines is 1. The number of sulfonamides is 1. The van der Waals surface area contributed by atoms with E-state index in [4.69, 9.17) is 4.74 Å². The molecule has 2 aromatic heterocycles. The van der Waals surface area contributed by atoms with Crippen molar-refractivity contribution < 1.29 is 17.9 Å². The van der Waals surface area contributed by atoms with Crippen LogP contribution in [0.25, 0.3) is 22.2 Å². The van der Waals surface area contributed by atoms with Gasteiger partial charge in [0.25, 0.3) is 0 Å². The topological polar surface area (TPSA) is 108 Å². The molecule has 1 N–H and O–H groups in total. The van der Waals surface area contributed by atoms with Crippen molar-refractivity contribution in [3.8, 4) is 17.1 Å². The molecule has 1 unspecified atom stereocenters. The Labute approximate surface area is 209 Å². The highest BCUT2D eigenvalue weighted by Gasteiger charge is 2.36. The van der Waals surface area contributed by atoms with E-state index < -0.39 is 16.1 Å². The third-order valence-corrected chi connectivity index (χ3v) is 7.68. The summed E-state index contributed by atoms with van der Waals surface area (Å²) in [6.45, 7) is 0.644. The lowest BCUT2D eigenvalue weighted by molar-refractivity contribution is -0.135. The summed E-state index contributed by atoms with van der Waals surface area (Å²) in [6.07, 6.45) is 3.08. The van der Waals surface area contributed by atoms with Crippen molar-refractivity contribution in [3.63, 3.8) is 0 Å². The largest absolute Gasteiger partial charge is 0.480 e. The van der Waals surface area contributed by atoms with Crippen LogP contribution < -0.4 is 4.74 Å². The number of benzene rings is 2. The van der Waals surface area contributed by atoms with Gasteiger partial charge in [-0.15, -0.1) is 0 Å². The maximum absolute atomic E-state index is 13.3. The van der Waals surface area contributed by atoms with Gasteiger partial charge in [-0.1, -0.05) is 48.5 Å². The quantitative estimate of drug-likeness (QED) is 0.432. The molecule has 1 fully saturated rings. The molecule has 2 aromatic carbocycles. The van der Waals surface area contributed by atoms with Gasteiger partial charge in [0.2, 0.25) is 21.8 Å². The van der Waals surface area contributed by atoms with E-state index in [0.29, 0.717) is 17.4 Å². The fourth-order valence-electron chi connectivity index (χ4n) is 4.55. The van der Waals surface area contributed by atoms with Crippen molar-refractivity contribution in [1.82, 2.24) is 24.2 Å². The number of nitrogens with one attached hydrogen (secondary N) is 1. The molecule has 1 saturated heterocycles. The number of imidazole rings is 1. The first-order valence-electron chi connectivity index (χ1n) is 11.6. The Balaban J connectivity index is 1.50. The molecule has 1 aliphatic rings. The highest BCUT2D eigenvalue weighted by molar-refractivity contribution is 7.88. The number of hydrogen-bond acceptors (Lipinski definition) is 6. The number of methoxy groups -OCH3 is 1. The SMILES string of the molecule is COc1nc2ccccc2cc1-c1cnc(C2CN(S(C)(=O)=O)CCN2C(=O)Cc2ccccc2)[nH]1. The number of amides is 1. The second kappa shape index (κ2) is 9.71. The van der Waals surface area contributed by atoms with E-state index in [-0.39, 0.29) is 32.0 Å². The fourth-order valence-corrected chi connectivity index (χ4v) is 5.38. The third-order valence-electron chi connectivity index (χ3n) is 6.41. The predicted octanol–water partition coefficient (Wildman–Crippen LogP) is 3.02. The van der Waals surface area contributed by atoms with Gasteiger partial charge in [-0.05, 0) is 17.7 Å². The van der Waals surface area contributed by atoms with Crippen LogP contribution in [0.15, 0.2) is 66.9 Å². The highest BCUT2D eigenvalue weighted by Crippen LogP contribution is 2.33. The molecule has 0 aliphatic carbocycles. The Bertz CT molecular complexity index is 1500. The zero-order valence-corrected chi connectivity index (χ0v) is 20.9. The molecule has 3 heterocycles. The first kappa shape index (κ1) is 24.0. The summed E-state index contributed by atoms with van der Waals surface area (Å²) < 4.78 is 31.6. The van der Waals surface area contributed by atoms with Gasteiger partial charge in [0.1, 0.15) is 11.9 Å². The van der Waals surface area contributed by atoms with Gasteiger partial charge in [0.15, 0.2) is 0 Å². The molecular formula is C26H27N5O4S. The molecule has 1 aliphatic heterocycles. The van der Waals surface area contributed by atoms with E-state index in [2.05, 4.69) is 15.0 Å². The van der Waals surface area contributed by atoms with Crippen LogP contribution in [0.4, 0.5) is 0 Å². The summed E-state index contributed by atoms with van der Waals surface area (Å²) >= 11 is 0. The van der Waals surface area contributed by atoms with Crippen LogP contribution in [0.1, 0.15) is 17.4 Å². The van der Waals surface area contributed by atoms with E-state index in [9.17, 15) is 13.2 Å². The molecule has 4 aromatic rings. The Hall–Kier alpha value is -3.76. The van der Waals surface area contributed by atoms with Crippen LogP contribution in [-0.2, 0) is 21.2 Å². The van der Waals surface area contributed by atoms with E-state index in [1.54, 1.807) is 18.2 Å². The number of nitrogens with zero attached hydrogens (tertiary/aromatic N) is 4. The molecule has 1 amide bonds. The molecular weight excluding hydrogens is 478 g/mol. The Kier molecular flexibility index (Phi) is 6.46. The van der Waals surface area contributed by atoms with Gasteiger partial charge in [0.05, 0.1) is 42.8 Å². The maximum atomic E-state index is 13.3. The lowest BCUT2D eigenvalue weighted by Gasteiger charge is -2.39. The predicted molar refractivity (Wildman–Crippen MR) is 137 cm³/mol. The number of H-pyrrole nitrogens is 1. The molecule has 0 saturated carbocycles. The van der Waals surface area contributed by atoms with E-state index >= 15 is 0 Å². The number of para-hydroxylation sites is 1. The molecule has 36 heavy (non-hydrogen) atoms. The number of carbonyl (C=O) groups is 1. The van der Waals surface area contributed by atoms with E-state index in [1.807, 2.05) is 60.7 Å². The monoisotopic (exact) mass is 505 g/mol. The molecule has 0 radical (unpaired) electrons. The summed E-state index contributed by atoms with van der Waals surface area (Å²) in [4.78, 5) is 27.5. The Morgan fingerprint density at radius 3 is 2.61 bits per heavy atom. The second-order valence-corrected chi connectivity index (χ2v) is 10.8. The van der Waals surface area contributed by atoms with Gasteiger partial charge in [-0.2, -0.15) is 4.31 Å². The summed E-state index contributed by atoms with van der Waals surface area (Å²) in [5.41, 5.74) is 3.12. The van der Waals surface area contributed by atoms with Crippen molar-refractivity contribution in [2.45, 2.75) is 12.5 Å². The summed E-state index contributed by atoms with van der Waals surface area (Å²) in [5.74, 6) is 0.875. The van der Waals surface area contributed by atoms with E-state index in [0.717, 1.165) is 22.0 Å². The van der Waals surface area contributed by atoms with Crippen LogP contribution >= 0.6 is 0 Å². The van der Waals surface area contributed by atoms with Crippen molar-refractivity contribution in [2.75, 3.05) is 33.0 Å². The minimum absolute atomic E-state index is 0.0812. The number of hydrogen-bond donors (Lipinski definition) is 1. The number of aromatic nitrogens is 3. The van der Waals surface area contributed by atoms with Gasteiger partial charge in [-0.25, -0.2) is 18.4 Å². The van der Waals surface area contributed by atoms with Crippen molar-refractivity contribution in [2.24, 2.45) is 0 Å².